The third-order valence-corrected chi connectivity index (χ3v) is 13.2. The minimum atomic E-state index is -1.86. The first-order chi connectivity index (χ1) is 34.2. The molecule has 1 aliphatic rings. The maximum atomic E-state index is 12.9. The summed E-state index contributed by atoms with van der Waals surface area (Å²) >= 11 is 0. The molecule has 6 unspecified atom stereocenters. The largest absolute Gasteiger partial charge is 0.479 e. The van der Waals surface area contributed by atoms with Gasteiger partial charge in [-0.3, -0.25) is 9.59 Å². The summed E-state index contributed by atoms with van der Waals surface area (Å²) in [5, 5.41) is 40.0. The lowest BCUT2D eigenvalue weighted by molar-refractivity contribution is -0.298. The van der Waals surface area contributed by atoms with Gasteiger partial charge in [0, 0.05) is 12.8 Å². The van der Waals surface area contributed by atoms with Crippen molar-refractivity contribution in [2.75, 3.05) is 13.2 Å². The number of carboxylic acids is 1. The second kappa shape index (κ2) is 48.4. The zero-order valence-corrected chi connectivity index (χ0v) is 44.5. The van der Waals surface area contributed by atoms with Crippen LogP contribution in [0.25, 0.3) is 0 Å². The molecule has 4 N–H and O–H groups in total. The zero-order chi connectivity index (χ0) is 51.0. The van der Waals surface area contributed by atoms with Crippen LogP contribution in [0.2, 0.25) is 0 Å². The molecule has 0 aliphatic carbocycles. The Labute approximate surface area is 426 Å². The Morgan fingerprint density at radius 3 is 1.27 bits per heavy atom. The van der Waals surface area contributed by atoms with Gasteiger partial charge in [0.25, 0.3) is 0 Å². The van der Waals surface area contributed by atoms with Gasteiger partial charge in [-0.05, 0) is 51.4 Å². The summed E-state index contributed by atoms with van der Waals surface area (Å²) in [4.78, 5) is 37.1. The number of carbonyl (C=O) groups excluding carboxylic acids is 2. The second-order valence-corrected chi connectivity index (χ2v) is 19.8. The van der Waals surface area contributed by atoms with E-state index in [0.29, 0.717) is 12.8 Å². The average Bonchev–Trinajstić information content (AvgIpc) is 3.35. The van der Waals surface area contributed by atoms with Gasteiger partial charge in [-0.2, -0.15) is 0 Å². The molecule has 6 atom stereocenters. The molecule has 70 heavy (non-hydrogen) atoms. The lowest BCUT2D eigenvalue weighted by Crippen LogP contribution is -2.60. The summed E-state index contributed by atoms with van der Waals surface area (Å²) in [7, 11) is 0. The van der Waals surface area contributed by atoms with E-state index in [1.165, 1.54) is 148 Å². The number of carboxylic acid groups (broad SMARTS) is 1. The number of unbranched alkanes of at least 4 members (excludes halogenated alkanes) is 30. The molecule has 1 heterocycles. The summed E-state index contributed by atoms with van der Waals surface area (Å²) < 4.78 is 21.9. The van der Waals surface area contributed by atoms with Gasteiger partial charge in [-0.25, -0.2) is 4.79 Å². The quantitative estimate of drug-likeness (QED) is 0.0260. The summed E-state index contributed by atoms with van der Waals surface area (Å²) in [6.07, 6.45) is 51.6. The molecule has 0 saturated carbocycles. The van der Waals surface area contributed by atoms with Gasteiger partial charge in [-0.15, -0.1) is 0 Å². The average molecular weight is 989 g/mol. The van der Waals surface area contributed by atoms with Crippen molar-refractivity contribution >= 4 is 17.9 Å². The van der Waals surface area contributed by atoms with Crippen LogP contribution in [0.1, 0.15) is 258 Å². The van der Waals surface area contributed by atoms with Gasteiger partial charge >= 0.3 is 17.9 Å². The van der Waals surface area contributed by atoms with E-state index in [9.17, 15) is 34.8 Å². The van der Waals surface area contributed by atoms with Crippen LogP contribution in [0, 0.1) is 0 Å². The molecule has 1 fully saturated rings. The zero-order valence-electron chi connectivity index (χ0n) is 44.5. The Bertz CT molecular complexity index is 1340. The Morgan fingerprint density at radius 1 is 0.457 bits per heavy atom. The highest BCUT2D eigenvalue weighted by Gasteiger charge is 2.47. The summed E-state index contributed by atoms with van der Waals surface area (Å²) in [6.45, 7) is 3.74. The third kappa shape index (κ3) is 38.8. The van der Waals surface area contributed by atoms with E-state index >= 15 is 0 Å². The number of rotatable bonds is 49. The molecule has 0 aromatic carbocycles. The van der Waals surface area contributed by atoms with Crippen LogP contribution in [0.4, 0.5) is 0 Å². The smallest absolute Gasteiger partial charge is 0.335 e. The van der Waals surface area contributed by atoms with E-state index in [2.05, 4.69) is 62.5 Å². The van der Waals surface area contributed by atoms with Gasteiger partial charge in [-0.1, -0.05) is 242 Å². The molecule has 11 heteroatoms. The van der Waals surface area contributed by atoms with E-state index in [1.54, 1.807) is 0 Å². The Balaban J connectivity index is 2.24. The van der Waals surface area contributed by atoms with Crippen molar-refractivity contribution in [1.29, 1.82) is 0 Å². The molecule has 0 radical (unpaired) electrons. The van der Waals surface area contributed by atoms with Crippen LogP contribution in [0.3, 0.4) is 0 Å². The Hall–Kier alpha value is -2.83. The molecule has 1 saturated heterocycles. The lowest BCUT2D eigenvalue weighted by atomic mass is 9.99. The van der Waals surface area contributed by atoms with Crippen molar-refractivity contribution in [1.82, 2.24) is 0 Å². The second-order valence-electron chi connectivity index (χ2n) is 19.8. The highest BCUT2D eigenvalue weighted by molar-refractivity contribution is 5.73. The molecule has 11 nitrogen and oxygen atoms in total. The number of aliphatic carboxylic acids is 1. The van der Waals surface area contributed by atoms with E-state index in [-0.39, 0.29) is 19.4 Å². The molecule has 0 aromatic heterocycles. The lowest BCUT2D eigenvalue weighted by Gasteiger charge is -2.38. The Kier molecular flexibility index (Phi) is 45.1. The van der Waals surface area contributed by atoms with Crippen molar-refractivity contribution < 1.29 is 53.8 Å². The van der Waals surface area contributed by atoms with E-state index in [4.69, 9.17) is 18.9 Å². The Morgan fingerprint density at radius 2 is 0.843 bits per heavy atom. The number of allylic oxidation sites excluding steroid dienone is 8. The van der Waals surface area contributed by atoms with Crippen molar-refractivity contribution in [3.63, 3.8) is 0 Å². The molecule has 0 amide bonds. The van der Waals surface area contributed by atoms with E-state index in [0.717, 1.165) is 70.6 Å². The van der Waals surface area contributed by atoms with Crippen molar-refractivity contribution in [2.24, 2.45) is 0 Å². The fourth-order valence-electron chi connectivity index (χ4n) is 8.76. The normalized spacial score (nSPS) is 19.0. The molecular formula is C59H104O11. The minimum Gasteiger partial charge on any atom is -0.479 e. The molecule has 0 spiro atoms. The first-order valence-electron chi connectivity index (χ1n) is 28.7. The molecule has 406 valence electrons. The first-order valence-corrected chi connectivity index (χ1v) is 28.7. The number of ether oxygens (including phenoxy) is 4. The van der Waals surface area contributed by atoms with Crippen LogP contribution in [-0.2, 0) is 33.3 Å². The maximum absolute atomic E-state index is 12.9. The van der Waals surface area contributed by atoms with Crippen molar-refractivity contribution in [3.8, 4) is 0 Å². The topological polar surface area (TPSA) is 169 Å². The fourth-order valence-corrected chi connectivity index (χ4v) is 8.76. The fraction of sp³-hybridized carbons (Fsp3) is 0.814. The van der Waals surface area contributed by atoms with Gasteiger partial charge in [0.2, 0.25) is 0 Å². The number of aliphatic hydroxyl groups excluding tert-OH is 3. The maximum Gasteiger partial charge on any atom is 0.335 e. The molecule has 1 rings (SSSR count). The van der Waals surface area contributed by atoms with E-state index in [1.807, 2.05) is 0 Å². The van der Waals surface area contributed by atoms with Crippen molar-refractivity contribution in [2.45, 2.75) is 295 Å². The first kappa shape index (κ1) is 65.2. The number of hydrogen-bond donors (Lipinski definition) is 4. The predicted octanol–water partition coefficient (Wildman–Crippen LogP) is 14.4. The molecule has 0 bridgehead atoms. The van der Waals surface area contributed by atoms with Gasteiger partial charge < -0.3 is 39.4 Å². The highest BCUT2D eigenvalue weighted by atomic mass is 16.7. The number of aliphatic hydroxyl groups is 3. The van der Waals surface area contributed by atoms with Crippen LogP contribution >= 0.6 is 0 Å². The van der Waals surface area contributed by atoms with Gasteiger partial charge in [0.1, 0.15) is 24.9 Å². The molecule has 1 aliphatic heterocycles. The predicted molar refractivity (Wildman–Crippen MR) is 284 cm³/mol. The number of hydrogen-bond acceptors (Lipinski definition) is 10. The van der Waals surface area contributed by atoms with Crippen LogP contribution < -0.4 is 0 Å². The summed E-state index contributed by atoms with van der Waals surface area (Å²) in [6, 6.07) is 0. The summed E-state index contributed by atoms with van der Waals surface area (Å²) in [5.41, 5.74) is 0. The number of esters is 2. The van der Waals surface area contributed by atoms with Gasteiger partial charge in [0.05, 0.1) is 6.61 Å². The van der Waals surface area contributed by atoms with E-state index < -0.39 is 61.3 Å². The van der Waals surface area contributed by atoms with Crippen LogP contribution in [-0.4, -0.2) is 88.4 Å². The highest BCUT2D eigenvalue weighted by Crippen LogP contribution is 2.23. The standard InChI is InChI=1S/C59H104O11/c1-3-5-7-9-11-13-15-17-19-21-23-25-26-28-30-32-34-36-38-40-42-44-46-48-53(61)69-51(50-68-59-56(64)54(62)55(63)57(70-59)58(65)66)49-67-52(60)47-45-43-41-39-37-35-33-31-29-27-24-22-20-18-16-14-12-10-8-6-4-2/h6,8,12,14,18,20,24,27,51,54-57,59,62-64H,3-5,7,9-11,13,15-17,19,21-23,25-26,28-50H2,1-2H3,(H,65,66)/b8-6-,14-12-,20-18-,27-24-. The summed E-state index contributed by atoms with van der Waals surface area (Å²) in [5.74, 6) is -2.44. The molecule has 0 aromatic rings. The monoisotopic (exact) mass is 989 g/mol. The van der Waals surface area contributed by atoms with Crippen molar-refractivity contribution in [3.05, 3.63) is 48.6 Å². The van der Waals surface area contributed by atoms with Gasteiger partial charge in [0.15, 0.2) is 18.5 Å². The minimum absolute atomic E-state index is 0.184. The third-order valence-electron chi connectivity index (χ3n) is 13.2. The SMILES string of the molecule is CC/C=C\C/C=C\C/C=C\C/C=C\CCCCCCCCCCC(=O)OCC(COC1OC(C(=O)O)C(O)C(O)C1O)OC(=O)CCCCCCCCCCCCCCCCCCCCCCCCC. The molecular weight excluding hydrogens is 885 g/mol. The number of carbonyl (C=O) groups is 3. The van der Waals surface area contributed by atoms with Crippen LogP contribution in [0.15, 0.2) is 48.6 Å². The van der Waals surface area contributed by atoms with Crippen LogP contribution in [0.5, 0.6) is 0 Å².